The van der Waals surface area contributed by atoms with Crippen LogP contribution in [0.3, 0.4) is 0 Å². The van der Waals surface area contributed by atoms with Crippen molar-refractivity contribution in [3.05, 3.63) is 47.7 Å². The number of rotatable bonds is 5. The Bertz CT molecular complexity index is 531. The number of ketones is 2. The van der Waals surface area contributed by atoms with E-state index in [0.717, 1.165) is 18.7 Å². The van der Waals surface area contributed by atoms with Gasteiger partial charge in [0.25, 0.3) is 0 Å². The van der Waals surface area contributed by atoms with E-state index < -0.39 is 0 Å². The maximum absolute atomic E-state index is 12.2. The van der Waals surface area contributed by atoms with E-state index in [1.165, 1.54) is 0 Å². The molecule has 1 fully saturated rings. The summed E-state index contributed by atoms with van der Waals surface area (Å²) < 4.78 is 0. The number of hydrogen-bond acceptors (Lipinski definition) is 4. The van der Waals surface area contributed by atoms with Crippen molar-refractivity contribution in [1.29, 1.82) is 0 Å². The molecule has 1 aromatic rings. The number of carbonyl (C=O) groups is 2. The molecule has 0 unspecified atom stereocenters. The molecular weight excluding hydrogens is 394 g/mol. The Kier molecular flexibility index (Phi) is 13.2. The van der Waals surface area contributed by atoms with Crippen LogP contribution in [0.1, 0.15) is 24.3 Å². The van der Waals surface area contributed by atoms with Gasteiger partial charge in [-0.15, -0.1) is 0 Å². The molecule has 0 atom stereocenters. The molecule has 0 radical (unpaired) electrons. The predicted molar refractivity (Wildman–Crippen MR) is 83.1 cm³/mol. The van der Waals surface area contributed by atoms with Gasteiger partial charge in [-0.25, -0.2) is 0 Å². The van der Waals surface area contributed by atoms with E-state index in [-0.39, 0.29) is 58.8 Å². The molecule has 2 rings (SSSR count). The zero-order valence-corrected chi connectivity index (χ0v) is 16.2. The molecule has 1 N–H and O–H groups in total. The molecule has 1 aliphatic carbocycles. The number of hydrogen-bond donors (Lipinski definition) is 1. The molecule has 1 saturated carbocycles. The van der Waals surface area contributed by atoms with Gasteiger partial charge in [-0.2, -0.15) is 0 Å². The van der Waals surface area contributed by atoms with Gasteiger partial charge in [0, 0.05) is 32.1 Å². The van der Waals surface area contributed by atoms with Crippen LogP contribution in [-0.2, 0) is 26.1 Å². The van der Waals surface area contributed by atoms with Gasteiger partial charge in [0.05, 0.1) is 5.57 Å². The fraction of sp³-hybridized carbons (Fsp3) is 0.412. The third kappa shape index (κ3) is 7.35. The Morgan fingerprint density at radius 1 is 1.08 bits per heavy atom. The van der Waals surface area contributed by atoms with Crippen molar-refractivity contribution in [2.75, 3.05) is 27.2 Å². The monoisotopic (exact) mass is 414 g/mol. The molecule has 0 saturated heterocycles. The molecule has 0 heterocycles. The third-order valence-corrected chi connectivity index (χ3v) is 3.69. The topological polar surface area (TPSA) is 49.4 Å². The fourth-order valence-electron chi connectivity index (χ4n) is 2.48. The molecule has 1 aromatic carbocycles. The van der Waals surface area contributed by atoms with E-state index in [4.69, 9.17) is 0 Å². The van der Waals surface area contributed by atoms with E-state index >= 15 is 0 Å². The molecule has 1 aliphatic rings. The van der Waals surface area contributed by atoms with Crippen molar-refractivity contribution in [3.63, 3.8) is 0 Å². The molecule has 0 aliphatic heterocycles. The van der Waals surface area contributed by atoms with E-state index in [9.17, 15) is 9.59 Å². The second kappa shape index (κ2) is 12.5. The van der Waals surface area contributed by atoms with Crippen LogP contribution in [-0.4, -0.2) is 43.7 Å². The van der Waals surface area contributed by atoms with E-state index in [1.54, 1.807) is 6.20 Å². The molecular formula is C17H22Cl2N2NiO2. The van der Waals surface area contributed by atoms with Crippen LogP contribution in [0, 0.1) is 0 Å². The zero-order valence-electron chi connectivity index (χ0n) is 13.7. The Hall–Kier alpha value is -0.866. The number of likely N-dealkylation sites (N-methyl/N-ethyl adjacent to an activating group) is 1. The van der Waals surface area contributed by atoms with Crippen LogP contribution in [0.25, 0.3) is 0 Å². The molecule has 24 heavy (non-hydrogen) atoms. The average molecular weight is 416 g/mol. The Labute approximate surface area is 166 Å². The average Bonchev–Trinajstić information content (AvgIpc) is 2.46. The smallest absolute Gasteiger partial charge is 1.00 e. The third-order valence-electron chi connectivity index (χ3n) is 3.69. The van der Waals surface area contributed by atoms with Crippen LogP contribution in [0.15, 0.2) is 42.1 Å². The summed E-state index contributed by atoms with van der Waals surface area (Å²) in [5.41, 5.74) is 1.39. The minimum absolute atomic E-state index is 0. The van der Waals surface area contributed by atoms with Crippen molar-refractivity contribution in [2.45, 2.75) is 18.8 Å². The van der Waals surface area contributed by atoms with Gasteiger partial charge in [0.2, 0.25) is 0 Å². The summed E-state index contributed by atoms with van der Waals surface area (Å²) in [5.74, 6) is -0.0972. The first kappa shape index (κ1) is 25.4. The van der Waals surface area contributed by atoms with Gasteiger partial charge in [-0.3, -0.25) is 9.59 Å². The van der Waals surface area contributed by atoms with Crippen LogP contribution >= 0.6 is 0 Å². The maximum Gasteiger partial charge on any atom is 2.00 e. The quantitative estimate of drug-likeness (QED) is 0.229. The number of benzene rings is 1. The second-order valence-electron chi connectivity index (χ2n) is 5.68. The summed E-state index contributed by atoms with van der Waals surface area (Å²) >= 11 is 0. The standard InChI is InChI=1S/C17H22N2O2.2ClH.Ni/c1-19(2)9-8-18-12-15-16(20)10-14(11-17(15)21)13-6-4-3-5-7-13;;;/h3-7,12,14,18H,8-11H2,1-2H3;2*1H;/q;;;+2/p-2. The Balaban J connectivity index is 0. The number of allylic oxidation sites excluding steroid dienone is 1. The number of halogens is 2. The minimum atomic E-state index is -0.0579. The molecule has 7 heteroatoms. The van der Waals surface area contributed by atoms with Crippen molar-refractivity contribution in [1.82, 2.24) is 10.2 Å². The van der Waals surface area contributed by atoms with E-state index in [2.05, 4.69) is 5.32 Å². The summed E-state index contributed by atoms with van der Waals surface area (Å²) in [5, 5.41) is 3.06. The van der Waals surface area contributed by atoms with E-state index in [0.29, 0.717) is 18.4 Å². The first-order chi connectivity index (χ1) is 10.1. The Morgan fingerprint density at radius 3 is 2.12 bits per heavy atom. The summed E-state index contributed by atoms with van der Waals surface area (Å²) in [4.78, 5) is 26.4. The van der Waals surface area contributed by atoms with Gasteiger partial charge in [0.15, 0.2) is 11.6 Å². The summed E-state index contributed by atoms with van der Waals surface area (Å²) in [6.07, 6.45) is 2.42. The van der Waals surface area contributed by atoms with Gasteiger partial charge in [-0.1, -0.05) is 30.3 Å². The predicted octanol–water partition coefficient (Wildman–Crippen LogP) is -4.26. The van der Waals surface area contributed by atoms with Crippen LogP contribution in [0.2, 0.25) is 0 Å². The minimum Gasteiger partial charge on any atom is -1.00 e. The molecule has 0 aromatic heterocycles. The molecule has 0 bridgehead atoms. The van der Waals surface area contributed by atoms with Crippen LogP contribution < -0.4 is 30.1 Å². The Morgan fingerprint density at radius 2 is 1.62 bits per heavy atom. The van der Waals surface area contributed by atoms with Gasteiger partial charge < -0.3 is 35.0 Å². The zero-order chi connectivity index (χ0) is 15.2. The summed E-state index contributed by atoms with van der Waals surface area (Å²) in [6.45, 7) is 1.58. The number of nitrogens with one attached hydrogen (secondary N) is 1. The van der Waals surface area contributed by atoms with Crippen molar-refractivity contribution in [3.8, 4) is 0 Å². The van der Waals surface area contributed by atoms with Crippen LogP contribution in [0.5, 0.6) is 0 Å². The molecule has 0 amide bonds. The molecule has 0 spiro atoms. The van der Waals surface area contributed by atoms with E-state index in [1.807, 2.05) is 49.3 Å². The first-order valence-electron chi connectivity index (χ1n) is 7.27. The van der Waals surface area contributed by atoms with Crippen LogP contribution in [0.4, 0.5) is 0 Å². The fourth-order valence-corrected chi connectivity index (χ4v) is 2.48. The molecule has 4 nitrogen and oxygen atoms in total. The number of nitrogens with zero attached hydrogens (tertiary/aromatic N) is 1. The number of Topliss-reactive ketones (excluding diaryl/α,β-unsaturated/α-hetero) is 2. The molecule has 136 valence electrons. The normalized spacial score (nSPS) is 16.6. The van der Waals surface area contributed by atoms with Gasteiger partial charge in [-0.05, 0) is 25.6 Å². The van der Waals surface area contributed by atoms with Gasteiger partial charge in [0.1, 0.15) is 0 Å². The first-order valence-corrected chi connectivity index (χ1v) is 7.27. The van der Waals surface area contributed by atoms with Crippen molar-refractivity contribution >= 4 is 11.6 Å². The van der Waals surface area contributed by atoms with Crippen molar-refractivity contribution in [2.24, 2.45) is 0 Å². The number of carbonyl (C=O) groups excluding carboxylic acids is 2. The SMILES string of the molecule is CN(C)CCNC=C1C(=O)CC(c2ccccc2)CC1=O.[Cl-].[Cl-].[Ni+2]. The summed E-state index contributed by atoms with van der Waals surface area (Å²) in [6, 6.07) is 9.79. The summed E-state index contributed by atoms with van der Waals surface area (Å²) in [7, 11) is 3.96. The van der Waals surface area contributed by atoms with Crippen molar-refractivity contribution < 1.29 is 50.9 Å². The maximum atomic E-state index is 12.2. The second-order valence-corrected chi connectivity index (χ2v) is 5.68. The largest absolute Gasteiger partial charge is 2.00 e. The van der Waals surface area contributed by atoms with Gasteiger partial charge >= 0.3 is 16.5 Å².